The number of likely N-dealkylation sites (tertiary alicyclic amines) is 1. The molecule has 1 fully saturated rings. The van der Waals surface area contributed by atoms with Crippen molar-refractivity contribution in [2.45, 2.75) is 25.8 Å². The van der Waals surface area contributed by atoms with Gasteiger partial charge in [-0.3, -0.25) is 4.90 Å². The van der Waals surface area contributed by atoms with Crippen molar-refractivity contribution in [3.8, 4) is 6.07 Å². The Kier molecular flexibility index (Phi) is 5.05. The monoisotopic (exact) mass is 308 g/mol. The molecule has 2 aromatic rings. The maximum atomic E-state index is 13.3. The van der Waals surface area contributed by atoms with Crippen molar-refractivity contribution >= 4 is 0 Å². The van der Waals surface area contributed by atoms with E-state index in [1.165, 1.54) is 11.6 Å². The zero-order valence-electron chi connectivity index (χ0n) is 13.2. The maximum Gasteiger partial charge on any atom is 0.123 e. The highest BCUT2D eigenvalue weighted by molar-refractivity contribution is 5.32. The molecular weight excluding hydrogens is 287 g/mol. The fourth-order valence-electron chi connectivity index (χ4n) is 3.34. The predicted molar refractivity (Wildman–Crippen MR) is 89.3 cm³/mol. The zero-order valence-corrected chi connectivity index (χ0v) is 13.2. The Bertz CT molecular complexity index is 697. The van der Waals surface area contributed by atoms with Crippen LogP contribution in [0.5, 0.6) is 0 Å². The topological polar surface area (TPSA) is 27.0 Å². The minimum atomic E-state index is -0.141. The predicted octanol–water partition coefficient (Wildman–Crippen LogP) is 4.15. The summed E-state index contributed by atoms with van der Waals surface area (Å²) >= 11 is 0. The van der Waals surface area contributed by atoms with E-state index in [1.807, 2.05) is 24.3 Å². The summed E-state index contributed by atoms with van der Waals surface area (Å²) < 4.78 is 13.3. The lowest BCUT2D eigenvalue weighted by Crippen LogP contribution is -2.33. The van der Waals surface area contributed by atoms with E-state index in [0.29, 0.717) is 5.92 Å². The maximum absolute atomic E-state index is 13.3. The van der Waals surface area contributed by atoms with Gasteiger partial charge in [0, 0.05) is 6.54 Å². The molecule has 0 aromatic heterocycles. The number of nitriles is 1. The first-order chi connectivity index (χ1) is 11.2. The number of piperidine rings is 1. The summed E-state index contributed by atoms with van der Waals surface area (Å²) in [6.45, 7) is 3.04. The fourth-order valence-corrected chi connectivity index (χ4v) is 3.34. The Labute approximate surface area is 137 Å². The normalized spacial score (nSPS) is 16.2. The van der Waals surface area contributed by atoms with Gasteiger partial charge in [-0.05, 0) is 73.7 Å². The van der Waals surface area contributed by atoms with Crippen LogP contribution >= 0.6 is 0 Å². The molecule has 1 aliphatic rings. The number of hydrogen-bond acceptors (Lipinski definition) is 2. The zero-order chi connectivity index (χ0) is 16.1. The molecule has 0 amide bonds. The second-order valence-electron chi connectivity index (χ2n) is 6.37. The van der Waals surface area contributed by atoms with Crippen LogP contribution in [0.1, 0.15) is 29.5 Å². The first kappa shape index (κ1) is 15.7. The van der Waals surface area contributed by atoms with Gasteiger partial charge in [0.15, 0.2) is 0 Å². The number of nitrogens with zero attached hydrogens (tertiary/aromatic N) is 2. The van der Waals surface area contributed by atoms with Crippen molar-refractivity contribution in [1.29, 1.82) is 5.26 Å². The van der Waals surface area contributed by atoms with E-state index in [9.17, 15) is 4.39 Å². The average molecular weight is 308 g/mol. The van der Waals surface area contributed by atoms with Gasteiger partial charge in [-0.1, -0.05) is 24.3 Å². The SMILES string of the molecule is N#Cc1cccc(CN2CCC(Cc3cccc(F)c3)CC2)c1. The number of rotatable bonds is 4. The molecule has 23 heavy (non-hydrogen) atoms. The molecule has 1 heterocycles. The lowest BCUT2D eigenvalue weighted by molar-refractivity contribution is 0.177. The summed E-state index contributed by atoms with van der Waals surface area (Å²) in [6, 6.07) is 17.0. The summed E-state index contributed by atoms with van der Waals surface area (Å²) in [6.07, 6.45) is 3.26. The van der Waals surface area contributed by atoms with Crippen molar-refractivity contribution in [3.63, 3.8) is 0 Å². The van der Waals surface area contributed by atoms with E-state index in [1.54, 1.807) is 12.1 Å². The third kappa shape index (κ3) is 4.40. The van der Waals surface area contributed by atoms with Crippen LogP contribution < -0.4 is 0 Å². The van der Waals surface area contributed by atoms with E-state index in [-0.39, 0.29) is 5.82 Å². The lowest BCUT2D eigenvalue weighted by atomic mass is 9.90. The Balaban J connectivity index is 1.51. The highest BCUT2D eigenvalue weighted by Crippen LogP contribution is 2.23. The van der Waals surface area contributed by atoms with E-state index < -0.39 is 0 Å². The van der Waals surface area contributed by atoms with Crippen LogP contribution in [-0.2, 0) is 13.0 Å². The largest absolute Gasteiger partial charge is 0.299 e. The molecule has 118 valence electrons. The molecule has 0 N–H and O–H groups in total. The van der Waals surface area contributed by atoms with Crippen LogP contribution in [0, 0.1) is 23.1 Å². The third-order valence-corrected chi connectivity index (χ3v) is 4.58. The van der Waals surface area contributed by atoms with Crippen molar-refractivity contribution in [2.75, 3.05) is 13.1 Å². The van der Waals surface area contributed by atoms with Gasteiger partial charge in [0.1, 0.15) is 5.82 Å². The van der Waals surface area contributed by atoms with Crippen molar-refractivity contribution < 1.29 is 4.39 Å². The Morgan fingerprint density at radius 3 is 2.52 bits per heavy atom. The number of hydrogen-bond donors (Lipinski definition) is 0. The van der Waals surface area contributed by atoms with Crippen molar-refractivity contribution in [2.24, 2.45) is 5.92 Å². The summed E-state index contributed by atoms with van der Waals surface area (Å²) in [5.41, 5.74) is 3.03. The van der Waals surface area contributed by atoms with Gasteiger partial charge in [-0.15, -0.1) is 0 Å². The van der Waals surface area contributed by atoms with Gasteiger partial charge in [0.2, 0.25) is 0 Å². The second kappa shape index (κ2) is 7.39. The van der Waals surface area contributed by atoms with E-state index in [0.717, 1.165) is 50.0 Å². The Morgan fingerprint density at radius 1 is 1.04 bits per heavy atom. The molecule has 3 rings (SSSR count). The van der Waals surface area contributed by atoms with E-state index in [2.05, 4.69) is 17.0 Å². The van der Waals surface area contributed by atoms with Gasteiger partial charge in [-0.2, -0.15) is 5.26 Å². The fraction of sp³-hybridized carbons (Fsp3) is 0.350. The van der Waals surface area contributed by atoms with Crippen LogP contribution in [0.4, 0.5) is 4.39 Å². The molecule has 0 bridgehead atoms. The minimum Gasteiger partial charge on any atom is -0.299 e. The molecular formula is C20H21FN2. The van der Waals surface area contributed by atoms with Crippen molar-refractivity contribution in [1.82, 2.24) is 4.90 Å². The molecule has 1 aliphatic heterocycles. The molecule has 3 heteroatoms. The number of halogens is 1. The smallest absolute Gasteiger partial charge is 0.123 e. The average Bonchev–Trinajstić information content (AvgIpc) is 2.57. The quantitative estimate of drug-likeness (QED) is 0.848. The summed E-state index contributed by atoms with van der Waals surface area (Å²) in [4.78, 5) is 2.44. The first-order valence-electron chi connectivity index (χ1n) is 8.19. The Hall–Kier alpha value is -2.18. The summed E-state index contributed by atoms with van der Waals surface area (Å²) in [5.74, 6) is 0.496. The van der Waals surface area contributed by atoms with Crippen molar-refractivity contribution in [3.05, 3.63) is 71.0 Å². The molecule has 0 atom stereocenters. The van der Waals surface area contributed by atoms with Crippen LogP contribution in [0.3, 0.4) is 0 Å². The van der Waals surface area contributed by atoms with Crippen LogP contribution in [0.15, 0.2) is 48.5 Å². The first-order valence-corrected chi connectivity index (χ1v) is 8.19. The highest BCUT2D eigenvalue weighted by Gasteiger charge is 2.19. The highest BCUT2D eigenvalue weighted by atomic mass is 19.1. The van der Waals surface area contributed by atoms with Crippen LogP contribution in [0.2, 0.25) is 0 Å². The standard InChI is InChI=1S/C20H21FN2/c21-20-6-2-3-17(13-20)11-16-7-9-23(10-8-16)15-19-5-1-4-18(12-19)14-22/h1-6,12-13,16H,7-11,15H2. The molecule has 1 saturated heterocycles. The molecule has 0 radical (unpaired) electrons. The molecule has 0 unspecified atom stereocenters. The van der Waals surface area contributed by atoms with Gasteiger partial charge >= 0.3 is 0 Å². The van der Waals surface area contributed by atoms with Gasteiger partial charge in [0.25, 0.3) is 0 Å². The minimum absolute atomic E-state index is 0.141. The molecule has 2 aromatic carbocycles. The molecule has 2 nitrogen and oxygen atoms in total. The van der Waals surface area contributed by atoms with E-state index in [4.69, 9.17) is 5.26 Å². The Morgan fingerprint density at radius 2 is 1.78 bits per heavy atom. The third-order valence-electron chi connectivity index (χ3n) is 4.58. The molecule has 0 aliphatic carbocycles. The van der Waals surface area contributed by atoms with E-state index >= 15 is 0 Å². The summed E-state index contributed by atoms with van der Waals surface area (Å²) in [5, 5.41) is 8.97. The van der Waals surface area contributed by atoms with Gasteiger partial charge in [-0.25, -0.2) is 4.39 Å². The van der Waals surface area contributed by atoms with Crippen LogP contribution in [-0.4, -0.2) is 18.0 Å². The second-order valence-corrected chi connectivity index (χ2v) is 6.37. The number of benzene rings is 2. The van der Waals surface area contributed by atoms with Crippen LogP contribution in [0.25, 0.3) is 0 Å². The van der Waals surface area contributed by atoms with Gasteiger partial charge < -0.3 is 0 Å². The van der Waals surface area contributed by atoms with Gasteiger partial charge in [0.05, 0.1) is 11.6 Å². The lowest BCUT2D eigenvalue weighted by Gasteiger charge is -2.32. The summed E-state index contributed by atoms with van der Waals surface area (Å²) in [7, 11) is 0. The molecule has 0 spiro atoms. The molecule has 0 saturated carbocycles.